The molecule has 14 heteroatoms. The van der Waals surface area contributed by atoms with Crippen LogP contribution >= 0.6 is 0 Å². The maximum absolute atomic E-state index is 12.7. The third-order valence-electron chi connectivity index (χ3n) is 5.48. The van der Waals surface area contributed by atoms with E-state index in [0.29, 0.717) is 19.4 Å². The summed E-state index contributed by atoms with van der Waals surface area (Å²) in [6.07, 6.45) is 2.49. The number of hydrogen-bond acceptors (Lipinski definition) is 7. The molecule has 0 unspecified atom stereocenters. The van der Waals surface area contributed by atoms with Crippen molar-refractivity contribution in [2.75, 3.05) is 19.6 Å². The molecule has 0 aliphatic heterocycles. The van der Waals surface area contributed by atoms with Crippen LogP contribution in [0.1, 0.15) is 50.5 Å². The van der Waals surface area contributed by atoms with Crippen LogP contribution in [0.4, 0.5) is 0 Å². The average Bonchev–Trinajstić information content (AvgIpc) is 2.90. The fourth-order valence-electron chi connectivity index (χ4n) is 3.44. The molecule has 1 rings (SSSR count). The summed E-state index contributed by atoms with van der Waals surface area (Å²) in [5.41, 5.74) is 16.9. The first-order chi connectivity index (χ1) is 18.6. The number of unbranched alkanes of at least 4 members (excludes halogenated alkanes) is 2. The van der Waals surface area contributed by atoms with Gasteiger partial charge in [0, 0.05) is 19.5 Å². The van der Waals surface area contributed by atoms with Crippen molar-refractivity contribution in [1.29, 1.82) is 0 Å². The van der Waals surface area contributed by atoms with Gasteiger partial charge in [-0.25, -0.2) is 4.79 Å². The second-order valence-corrected chi connectivity index (χ2v) is 8.81. The maximum Gasteiger partial charge on any atom is 0.326 e. The normalized spacial score (nSPS) is 11.9. The van der Waals surface area contributed by atoms with E-state index in [1.54, 1.807) is 24.3 Å². The highest BCUT2D eigenvalue weighted by Gasteiger charge is 2.25. The Balaban J connectivity index is 2.60. The number of hydrogen-bond donors (Lipinski definition) is 8. The molecule has 1 aromatic carbocycles. The fourth-order valence-corrected chi connectivity index (χ4v) is 3.44. The van der Waals surface area contributed by atoms with Crippen molar-refractivity contribution in [3.63, 3.8) is 0 Å². The minimum Gasteiger partial charge on any atom is -0.480 e. The zero-order chi connectivity index (χ0) is 29.0. The van der Waals surface area contributed by atoms with Gasteiger partial charge in [0.15, 0.2) is 5.96 Å². The van der Waals surface area contributed by atoms with Gasteiger partial charge in [0.05, 0.1) is 13.0 Å². The van der Waals surface area contributed by atoms with Crippen molar-refractivity contribution in [1.82, 2.24) is 21.3 Å². The number of carbonyl (C=O) groups is 5. The number of nitrogens with two attached hydrogens (primary N) is 3. The first kappa shape index (κ1) is 32.8. The molecular formula is C25H40N8O6. The van der Waals surface area contributed by atoms with Gasteiger partial charge >= 0.3 is 5.97 Å². The topological polar surface area (TPSA) is 244 Å². The number of benzene rings is 1. The molecule has 0 saturated carbocycles. The van der Waals surface area contributed by atoms with E-state index in [-0.39, 0.29) is 37.8 Å². The van der Waals surface area contributed by atoms with Gasteiger partial charge < -0.3 is 43.6 Å². The Morgan fingerprint density at radius 2 is 1.54 bits per heavy atom. The molecule has 0 spiro atoms. The number of carboxylic acid groups (broad SMARTS) is 1. The van der Waals surface area contributed by atoms with Gasteiger partial charge in [-0.05, 0) is 37.8 Å². The van der Waals surface area contributed by atoms with Crippen molar-refractivity contribution in [3.8, 4) is 0 Å². The molecule has 0 aliphatic carbocycles. The molecule has 39 heavy (non-hydrogen) atoms. The van der Waals surface area contributed by atoms with Crippen LogP contribution in [0.15, 0.2) is 35.3 Å². The largest absolute Gasteiger partial charge is 0.480 e. The van der Waals surface area contributed by atoms with E-state index in [2.05, 4.69) is 26.3 Å². The van der Waals surface area contributed by atoms with Crippen LogP contribution < -0.4 is 38.5 Å². The number of nitrogens with one attached hydrogen (secondary N) is 4. The SMILES string of the molecule is NCCCCCC(=O)N[C@@H](CCCN=C(N)N)C(=O)NCC(=O)N[C@@H](CC(=O)NCc1ccccc1)C(=O)O. The van der Waals surface area contributed by atoms with Gasteiger partial charge in [0.1, 0.15) is 12.1 Å². The minimum atomic E-state index is -1.49. The summed E-state index contributed by atoms with van der Waals surface area (Å²) in [4.78, 5) is 65.0. The van der Waals surface area contributed by atoms with Gasteiger partial charge in [-0.3, -0.25) is 24.2 Å². The number of guanidine groups is 1. The number of aliphatic imine (C=N–C) groups is 1. The van der Waals surface area contributed by atoms with E-state index in [0.717, 1.165) is 18.4 Å². The Labute approximate surface area is 227 Å². The lowest BCUT2D eigenvalue weighted by Gasteiger charge is -2.19. The van der Waals surface area contributed by atoms with E-state index in [4.69, 9.17) is 17.2 Å². The average molecular weight is 549 g/mol. The van der Waals surface area contributed by atoms with E-state index in [1.807, 2.05) is 6.07 Å². The Bertz CT molecular complexity index is 969. The molecule has 11 N–H and O–H groups in total. The van der Waals surface area contributed by atoms with Crippen LogP contribution in [-0.2, 0) is 30.5 Å². The maximum atomic E-state index is 12.7. The summed E-state index contributed by atoms with van der Waals surface area (Å²) >= 11 is 0. The molecule has 4 amide bonds. The zero-order valence-electron chi connectivity index (χ0n) is 22.0. The monoisotopic (exact) mass is 548 g/mol. The molecule has 0 radical (unpaired) electrons. The van der Waals surface area contributed by atoms with Crippen molar-refractivity contribution < 1.29 is 29.1 Å². The molecule has 14 nitrogen and oxygen atoms in total. The van der Waals surface area contributed by atoms with E-state index in [1.165, 1.54) is 0 Å². The second-order valence-electron chi connectivity index (χ2n) is 8.81. The summed E-state index contributed by atoms with van der Waals surface area (Å²) in [5, 5.41) is 19.3. The molecule has 0 heterocycles. The highest BCUT2D eigenvalue weighted by Crippen LogP contribution is 2.03. The first-order valence-corrected chi connectivity index (χ1v) is 12.8. The van der Waals surface area contributed by atoms with Crippen LogP contribution in [0.5, 0.6) is 0 Å². The lowest BCUT2D eigenvalue weighted by molar-refractivity contribution is -0.143. The summed E-state index contributed by atoms with van der Waals surface area (Å²) < 4.78 is 0. The second kappa shape index (κ2) is 19.0. The number of carboxylic acids is 1. The number of amides is 4. The summed E-state index contributed by atoms with van der Waals surface area (Å²) in [7, 11) is 0. The van der Waals surface area contributed by atoms with Crippen LogP contribution in [0.3, 0.4) is 0 Å². The van der Waals surface area contributed by atoms with Crippen molar-refractivity contribution in [2.24, 2.45) is 22.2 Å². The minimum absolute atomic E-state index is 0.0988. The van der Waals surface area contributed by atoms with Crippen LogP contribution in [0.25, 0.3) is 0 Å². The van der Waals surface area contributed by atoms with Gasteiger partial charge in [0.2, 0.25) is 23.6 Å². The Hall–Kier alpha value is -4.20. The summed E-state index contributed by atoms with van der Waals surface area (Å²) in [6.45, 7) is 0.427. The van der Waals surface area contributed by atoms with Crippen molar-refractivity contribution in [3.05, 3.63) is 35.9 Å². The van der Waals surface area contributed by atoms with Gasteiger partial charge in [-0.2, -0.15) is 0 Å². The number of carbonyl (C=O) groups excluding carboxylic acids is 4. The van der Waals surface area contributed by atoms with Gasteiger partial charge in [-0.1, -0.05) is 36.8 Å². The Morgan fingerprint density at radius 3 is 2.18 bits per heavy atom. The van der Waals surface area contributed by atoms with Gasteiger partial charge in [0.25, 0.3) is 0 Å². The summed E-state index contributed by atoms with van der Waals surface area (Å²) in [5.74, 6) is -3.82. The smallest absolute Gasteiger partial charge is 0.326 e. The molecule has 216 valence electrons. The molecule has 0 bridgehead atoms. The van der Waals surface area contributed by atoms with Crippen LogP contribution in [0, 0.1) is 0 Å². The highest BCUT2D eigenvalue weighted by molar-refractivity contribution is 5.92. The molecule has 0 aliphatic rings. The third-order valence-corrected chi connectivity index (χ3v) is 5.48. The third kappa shape index (κ3) is 15.6. The first-order valence-electron chi connectivity index (χ1n) is 12.8. The van der Waals surface area contributed by atoms with Crippen molar-refractivity contribution >= 4 is 35.6 Å². The molecular weight excluding hydrogens is 508 g/mol. The fraction of sp³-hybridized carbons (Fsp3) is 0.520. The number of rotatable bonds is 19. The zero-order valence-corrected chi connectivity index (χ0v) is 22.0. The van der Waals surface area contributed by atoms with Gasteiger partial charge in [-0.15, -0.1) is 0 Å². The standard InChI is InChI=1S/C25H40N8O6/c26-12-6-2-5-11-20(34)32-18(10-7-13-29-25(27)28)23(37)31-16-22(36)33-19(24(38)39)14-21(35)30-15-17-8-3-1-4-9-17/h1,3-4,8-9,18-19H,2,5-7,10-16,26H2,(H,30,35)(H,31,37)(H,32,34)(H,33,36)(H,38,39)(H4,27,28,29)/t18-,19-/m0/s1. The lowest BCUT2D eigenvalue weighted by atomic mass is 10.1. The lowest BCUT2D eigenvalue weighted by Crippen LogP contribution is -2.51. The predicted molar refractivity (Wildman–Crippen MR) is 145 cm³/mol. The van der Waals surface area contributed by atoms with E-state index >= 15 is 0 Å². The molecule has 2 atom stereocenters. The number of nitrogens with zero attached hydrogens (tertiary/aromatic N) is 1. The van der Waals surface area contributed by atoms with E-state index in [9.17, 15) is 29.1 Å². The highest BCUT2D eigenvalue weighted by atomic mass is 16.4. The molecule has 0 aromatic heterocycles. The molecule has 0 fully saturated rings. The Kier molecular flexibility index (Phi) is 16.0. The molecule has 0 saturated heterocycles. The number of aliphatic carboxylic acids is 1. The van der Waals surface area contributed by atoms with Crippen LogP contribution in [-0.4, -0.2) is 72.4 Å². The Morgan fingerprint density at radius 1 is 0.846 bits per heavy atom. The van der Waals surface area contributed by atoms with Crippen LogP contribution in [0.2, 0.25) is 0 Å². The predicted octanol–water partition coefficient (Wildman–Crippen LogP) is -1.56. The quantitative estimate of drug-likeness (QED) is 0.0565. The van der Waals surface area contributed by atoms with E-state index < -0.39 is 48.7 Å². The van der Waals surface area contributed by atoms with Crippen molar-refractivity contribution in [2.45, 2.75) is 63.6 Å². The molecule has 1 aromatic rings. The summed E-state index contributed by atoms with van der Waals surface area (Å²) in [6, 6.07) is 6.60.